The van der Waals surface area contributed by atoms with Crippen molar-refractivity contribution < 1.29 is 19.1 Å². The molecule has 1 aliphatic rings. The number of halogens is 2. The molecule has 1 aliphatic heterocycles. The minimum Gasteiger partial charge on any atom is -0.493 e. The summed E-state index contributed by atoms with van der Waals surface area (Å²) >= 11 is 7.80. The molecule has 28 heavy (non-hydrogen) atoms. The van der Waals surface area contributed by atoms with Gasteiger partial charge in [0.1, 0.15) is 0 Å². The molecule has 1 heterocycles. The normalized spacial score (nSPS) is 15.4. The zero-order valence-corrected chi connectivity index (χ0v) is 19.2. The Balaban J connectivity index is 1.86. The van der Waals surface area contributed by atoms with Crippen molar-refractivity contribution in [1.82, 2.24) is 4.90 Å². The summed E-state index contributed by atoms with van der Waals surface area (Å²) in [5, 5.41) is -0.284. The molecule has 0 atom stereocenters. The SMILES string of the molecule is CCOc1cc(Br)c(/C=C2\SC(=O)N(Cc3ccc(Br)cc3)C2=O)cc1OC. The van der Waals surface area contributed by atoms with E-state index in [0.29, 0.717) is 23.0 Å². The number of carbonyl (C=O) groups is 2. The average molecular weight is 527 g/mol. The summed E-state index contributed by atoms with van der Waals surface area (Å²) in [7, 11) is 1.56. The Morgan fingerprint density at radius 2 is 1.82 bits per heavy atom. The van der Waals surface area contributed by atoms with Gasteiger partial charge in [0.05, 0.1) is 25.2 Å². The number of benzene rings is 2. The predicted molar refractivity (Wildman–Crippen MR) is 118 cm³/mol. The predicted octanol–water partition coefficient (Wildman–Crippen LogP) is 5.86. The third-order valence-corrected chi connectivity index (χ3v) is 6.12. The van der Waals surface area contributed by atoms with Gasteiger partial charge in [0.2, 0.25) is 0 Å². The van der Waals surface area contributed by atoms with Gasteiger partial charge in [-0.2, -0.15) is 0 Å². The Hall–Kier alpha value is -1.77. The second-order valence-electron chi connectivity index (χ2n) is 5.85. The number of carbonyl (C=O) groups excluding carboxylic acids is 2. The van der Waals surface area contributed by atoms with Crippen molar-refractivity contribution in [2.24, 2.45) is 0 Å². The van der Waals surface area contributed by atoms with Crippen LogP contribution >= 0.6 is 43.6 Å². The lowest BCUT2D eigenvalue weighted by atomic mass is 10.1. The van der Waals surface area contributed by atoms with Crippen LogP contribution in [0.15, 0.2) is 50.2 Å². The highest BCUT2D eigenvalue weighted by atomic mass is 79.9. The highest BCUT2D eigenvalue weighted by molar-refractivity contribution is 9.10. The monoisotopic (exact) mass is 525 g/mol. The Morgan fingerprint density at radius 1 is 1.11 bits per heavy atom. The van der Waals surface area contributed by atoms with Crippen molar-refractivity contribution in [2.45, 2.75) is 13.5 Å². The van der Waals surface area contributed by atoms with Crippen LogP contribution in [0.2, 0.25) is 0 Å². The molecule has 0 aromatic heterocycles. The summed E-state index contributed by atoms with van der Waals surface area (Å²) in [5.74, 6) is 0.862. The molecule has 0 radical (unpaired) electrons. The summed E-state index contributed by atoms with van der Waals surface area (Å²) in [6, 6.07) is 11.1. The van der Waals surface area contributed by atoms with Gasteiger partial charge in [0.25, 0.3) is 11.1 Å². The molecule has 8 heteroatoms. The molecular formula is C20H17Br2NO4S. The van der Waals surface area contributed by atoms with Gasteiger partial charge in [-0.05, 0) is 60.2 Å². The summed E-state index contributed by atoms with van der Waals surface area (Å²) in [5.41, 5.74) is 1.62. The van der Waals surface area contributed by atoms with Crippen LogP contribution in [-0.4, -0.2) is 29.8 Å². The van der Waals surface area contributed by atoms with Crippen LogP contribution in [0.4, 0.5) is 4.79 Å². The lowest BCUT2D eigenvalue weighted by Crippen LogP contribution is -2.27. The molecule has 1 fully saturated rings. The van der Waals surface area contributed by atoms with Crippen LogP contribution < -0.4 is 9.47 Å². The van der Waals surface area contributed by atoms with Gasteiger partial charge in [-0.15, -0.1) is 0 Å². The van der Waals surface area contributed by atoms with Gasteiger partial charge in [-0.25, -0.2) is 0 Å². The molecule has 0 unspecified atom stereocenters. The minimum atomic E-state index is -0.308. The third kappa shape index (κ3) is 4.61. The number of imide groups is 1. The second-order valence-corrected chi connectivity index (χ2v) is 8.62. The number of ether oxygens (including phenoxy) is 2. The lowest BCUT2D eigenvalue weighted by Gasteiger charge is -2.13. The molecule has 5 nitrogen and oxygen atoms in total. The smallest absolute Gasteiger partial charge is 0.293 e. The lowest BCUT2D eigenvalue weighted by molar-refractivity contribution is -0.123. The molecule has 2 aromatic carbocycles. The number of hydrogen-bond donors (Lipinski definition) is 0. The maximum absolute atomic E-state index is 12.8. The first kappa shape index (κ1) is 21.0. The molecule has 3 rings (SSSR count). The van der Waals surface area contributed by atoms with Crippen molar-refractivity contribution in [3.63, 3.8) is 0 Å². The molecule has 0 bridgehead atoms. The van der Waals surface area contributed by atoms with E-state index >= 15 is 0 Å². The molecule has 0 saturated carbocycles. The summed E-state index contributed by atoms with van der Waals surface area (Å²) in [4.78, 5) is 26.7. The molecule has 2 amide bonds. The van der Waals surface area contributed by atoms with E-state index in [2.05, 4.69) is 31.9 Å². The third-order valence-electron chi connectivity index (χ3n) is 4.00. The maximum Gasteiger partial charge on any atom is 0.293 e. The fourth-order valence-corrected chi connectivity index (χ4v) is 4.17. The Kier molecular flexibility index (Phi) is 6.85. The average Bonchev–Trinajstić information content (AvgIpc) is 2.93. The zero-order valence-electron chi connectivity index (χ0n) is 15.2. The number of thioether (sulfide) groups is 1. The number of rotatable bonds is 6. The van der Waals surface area contributed by atoms with E-state index in [0.717, 1.165) is 31.8 Å². The summed E-state index contributed by atoms with van der Waals surface area (Å²) in [6.45, 7) is 2.64. The first-order valence-electron chi connectivity index (χ1n) is 8.43. The van der Waals surface area contributed by atoms with Crippen molar-refractivity contribution in [1.29, 1.82) is 0 Å². The second kappa shape index (κ2) is 9.15. The van der Waals surface area contributed by atoms with E-state index in [9.17, 15) is 9.59 Å². The highest BCUT2D eigenvalue weighted by Crippen LogP contribution is 2.38. The van der Waals surface area contributed by atoms with Gasteiger partial charge < -0.3 is 9.47 Å². The molecule has 0 N–H and O–H groups in total. The molecular weight excluding hydrogens is 510 g/mol. The minimum absolute atomic E-state index is 0.239. The fourth-order valence-electron chi connectivity index (χ4n) is 2.64. The van der Waals surface area contributed by atoms with Crippen LogP contribution in [-0.2, 0) is 11.3 Å². The van der Waals surface area contributed by atoms with Crippen LogP contribution in [0.1, 0.15) is 18.1 Å². The summed E-state index contributed by atoms with van der Waals surface area (Å²) < 4.78 is 12.6. The van der Waals surface area contributed by atoms with Gasteiger partial charge in [-0.1, -0.05) is 44.0 Å². The van der Waals surface area contributed by atoms with Crippen molar-refractivity contribution in [2.75, 3.05) is 13.7 Å². The van der Waals surface area contributed by atoms with Gasteiger partial charge in [-0.3, -0.25) is 14.5 Å². The van der Waals surface area contributed by atoms with Crippen LogP contribution in [0, 0.1) is 0 Å². The van der Waals surface area contributed by atoms with Crippen molar-refractivity contribution in [3.8, 4) is 11.5 Å². The first-order valence-corrected chi connectivity index (χ1v) is 10.8. The van der Waals surface area contributed by atoms with Crippen LogP contribution in [0.25, 0.3) is 6.08 Å². The van der Waals surface area contributed by atoms with Crippen LogP contribution in [0.5, 0.6) is 11.5 Å². The first-order chi connectivity index (χ1) is 13.4. The highest BCUT2D eigenvalue weighted by Gasteiger charge is 2.35. The quantitative estimate of drug-likeness (QED) is 0.441. The molecule has 0 aliphatic carbocycles. The molecule has 1 saturated heterocycles. The van der Waals surface area contributed by atoms with E-state index in [4.69, 9.17) is 9.47 Å². The topological polar surface area (TPSA) is 55.8 Å². The van der Waals surface area contributed by atoms with E-state index in [1.54, 1.807) is 25.3 Å². The van der Waals surface area contributed by atoms with Gasteiger partial charge in [0.15, 0.2) is 11.5 Å². The molecule has 146 valence electrons. The van der Waals surface area contributed by atoms with Gasteiger partial charge >= 0.3 is 0 Å². The number of methoxy groups -OCH3 is 1. The van der Waals surface area contributed by atoms with E-state index in [1.165, 1.54) is 4.90 Å². The number of hydrogen-bond acceptors (Lipinski definition) is 5. The molecule has 0 spiro atoms. The van der Waals surface area contributed by atoms with E-state index < -0.39 is 0 Å². The van der Waals surface area contributed by atoms with Crippen molar-refractivity contribution >= 4 is 60.8 Å². The fraction of sp³-hybridized carbons (Fsp3) is 0.200. The largest absolute Gasteiger partial charge is 0.493 e. The van der Waals surface area contributed by atoms with Gasteiger partial charge in [0, 0.05) is 8.95 Å². The number of amides is 2. The van der Waals surface area contributed by atoms with Crippen molar-refractivity contribution in [3.05, 3.63) is 61.4 Å². The zero-order chi connectivity index (χ0) is 20.3. The van der Waals surface area contributed by atoms with E-state index in [1.807, 2.05) is 31.2 Å². The Morgan fingerprint density at radius 3 is 2.46 bits per heavy atom. The Bertz CT molecular complexity index is 944. The summed E-state index contributed by atoms with van der Waals surface area (Å²) in [6.07, 6.45) is 1.69. The Labute approximate surface area is 184 Å². The van der Waals surface area contributed by atoms with Crippen LogP contribution in [0.3, 0.4) is 0 Å². The maximum atomic E-state index is 12.8. The molecule has 2 aromatic rings. The standard InChI is InChI=1S/C20H17Br2NO4S/c1-3-27-17-10-15(22)13(8-16(17)26-2)9-18-19(24)23(20(25)28-18)11-12-4-6-14(21)7-5-12/h4-10H,3,11H2,1-2H3/b18-9-. The number of nitrogens with zero attached hydrogens (tertiary/aromatic N) is 1. The van der Waals surface area contributed by atoms with E-state index in [-0.39, 0.29) is 17.7 Å².